The summed E-state index contributed by atoms with van der Waals surface area (Å²) in [5.74, 6) is 0.955. The number of hydrogen-bond donors (Lipinski definition) is 0. The minimum absolute atomic E-state index is 0.0928. The van der Waals surface area contributed by atoms with Crippen LogP contribution in [0.1, 0.15) is 26.2 Å². The first-order chi connectivity index (χ1) is 5.77. The third kappa shape index (κ3) is 2.37. The summed E-state index contributed by atoms with van der Waals surface area (Å²) in [5.41, 5.74) is 0. The predicted molar refractivity (Wildman–Crippen MR) is 50.3 cm³/mol. The monoisotopic (exact) mass is 189 g/mol. The van der Waals surface area contributed by atoms with Gasteiger partial charge in [0.1, 0.15) is 5.88 Å². The summed E-state index contributed by atoms with van der Waals surface area (Å²) in [5, 5.41) is 0. The second-order valence-electron chi connectivity index (χ2n) is 3.42. The van der Waals surface area contributed by atoms with Crippen LogP contribution in [0.2, 0.25) is 0 Å². The first kappa shape index (κ1) is 9.85. The van der Waals surface area contributed by atoms with E-state index in [0.717, 1.165) is 25.4 Å². The molecule has 0 aliphatic carbocycles. The van der Waals surface area contributed by atoms with E-state index in [1.54, 1.807) is 0 Å². The van der Waals surface area contributed by atoms with Crippen LogP contribution in [0.15, 0.2) is 0 Å². The van der Waals surface area contributed by atoms with Gasteiger partial charge in [-0.15, -0.1) is 11.6 Å². The summed E-state index contributed by atoms with van der Waals surface area (Å²) >= 11 is 5.47. The van der Waals surface area contributed by atoms with E-state index in [1.165, 1.54) is 12.8 Å². The number of likely N-dealkylation sites (tertiary alicyclic amines) is 1. The van der Waals surface area contributed by atoms with E-state index in [9.17, 15) is 4.79 Å². The van der Waals surface area contributed by atoms with Crippen molar-refractivity contribution in [2.24, 2.45) is 5.92 Å². The lowest BCUT2D eigenvalue weighted by atomic mass is 10.0. The van der Waals surface area contributed by atoms with Crippen molar-refractivity contribution >= 4 is 17.5 Å². The van der Waals surface area contributed by atoms with Crippen molar-refractivity contribution in [3.05, 3.63) is 0 Å². The molecule has 0 radical (unpaired) electrons. The average molecular weight is 190 g/mol. The quantitative estimate of drug-likeness (QED) is 0.621. The molecule has 0 aromatic carbocycles. The van der Waals surface area contributed by atoms with Gasteiger partial charge in [-0.2, -0.15) is 0 Å². The number of amides is 1. The molecule has 0 bridgehead atoms. The molecular formula is C9H16ClNO. The largest absolute Gasteiger partial charge is 0.341 e. The Morgan fingerprint density at radius 3 is 3.00 bits per heavy atom. The predicted octanol–water partition coefficient (Wildman–Crippen LogP) is 1.87. The van der Waals surface area contributed by atoms with Crippen LogP contribution < -0.4 is 0 Å². The molecule has 3 heteroatoms. The zero-order valence-electron chi connectivity index (χ0n) is 7.55. The van der Waals surface area contributed by atoms with Gasteiger partial charge in [0, 0.05) is 13.1 Å². The van der Waals surface area contributed by atoms with E-state index in [4.69, 9.17) is 11.6 Å². The SMILES string of the molecule is CCCC1CCN(C(=O)CCl)C1. The van der Waals surface area contributed by atoms with E-state index in [0.29, 0.717) is 0 Å². The van der Waals surface area contributed by atoms with Gasteiger partial charge in [0.15, 0.2) is 0 Å². The summed E-state index contributed by atoms with van der Waals surface area (Å²) in [6.07, 6.45) is 3.62. The Morgan fingerprint density at radius 1 is 1.67 bits per heavy atom. The maximum absolute atomic E-state index is 11.2. The number of alkyl halides is 1. The van der Waals surface area contributed by atoms with E-state index < -0.39 is 0 Å². The van der Waals surface area contributed by atoms with E-state index >= 15 is 0 Å². The highest BCUT2D eigenvalue weighted by Crippen LogP contribution is 2.20. The Kier molecular flexibility index (Phi) is 3.86. The smallest absolute Gasteiger partial charge is 0.237 e. The molecule has 1 atom stereocenters. The number of rotatable bonds is 3. The van der Waals surface area contributed by atoms with Gasteiger partial charge in [-0.25, -0.2) is 0 Å². The second kappa shape index (κ2) is 4.70. The first-order valence-electron chi connectivity index (χ1n) is 4.61. The third-order valence-electron chi connectivity index (χ3n) is 2.45. The number of carbonyl (C=O) groups is 1. The van der Waals surface area contributed by atoms with Crippen molar-refractivity contribution in [2.45, 2.75) is 26.2 Å². The highest BCUT2D eigenvalue weighted by molar-refractivity contribution is 6.27. The summed E-state index contributed by atoms with van der Waals surface area (Å²) < 4.78 is 0. The van der Waals surface area contributed by atoms with E-state index in [-0.39, 0.29) is 11.8 Å². The zero-order chi connectivity index (χ0) is 8.97. The minimum atomic E-state index is 0.0928. The van der Waals surface area contributed by atoms with Gasteiger partial charge in [-0.05, 0) is 18.8 Å². The van der Waals surface area contributed by atoms with Crippen molar-refractivity contribution in [3.8, 4) is 0 Å². The molecule has 1 aliphatic heterocycles. The Balaban J connectivity index is 2.30. The molecule has 70 valence electrons. The fourth-order valence-electron chi connectivity index (χ4n) is 1.79. The van der Waals surface area contributed by atoms with Crippen LogP contribution in [0.25, 0.3) is 0 Å². The highest BCUT2D eigenvalue weighted by Gasteiger charge is 2.24. The average Bonchev–Trinajstić information content (AvgIpc) is 2.52. The van der Waals surface area contributed by atoms with Gasteiger partial charge in [-0.1, -0.05) is 13.3 Å². The maximum Gasteiger partial charge on any atom is 0.237 e. The lowest BCUT2D eigenvalue weighted by molar-refractivity contribution is -0.127. The van der Waals surface area contributed by atoms with Crippen LogP contribution >= 0.6 is 11.6 Å². The third-order valence-corrected chi connectivity index (χ3v) is 2.68. The van der Waals surface area contributed by atoms with Crippen molar-refractivity contribution in [1.29, 1.82) is 0 Å². The van der Waals surface area contributed by atoms with Crippen LogP contribution in [0.4, 0.5) is 0 Å². The van der Waals surface area contributed by atoms with Crippen LogP contribution in [0.5, 0.6) is 0 Å². The molecule has 1 rings (SSSR count). The van der Waals surface area contributed by atoms with Gasteiger partial charge in [0.2, 0.25) is 5.91 Å². The number of nitrogens with zero attached hydrogens (tertiary/aromatic N) is 1. The Bertz CT molecular complexity index is 161. The fourth-order valence-corrected chi connectivity index (χ4v) is 1.96. The lowest BCUT2D eigenvalue weighted by Gasteiger charge is -2.14. The molecule has 12 heavy (non-hydrogen) atoms. The van der Waals surface area contributed by atoms with Crippen LogP contribution in [0.3, 0.4) is 0 Å². The Hall–Kier alpha value is -0.240. The molecule has 2 nitrogen and oxygen atoms in total. The molecule has 0 spiro atoms. The molecule has 0 N–H and O–H groups in total. The molecular weight excluding hydrogens is 174 g/mol. The normalized spacial score (nSPS) is 23.2. The maximum atomic E-state index is 11.2. The molecule has 0 saturated carbocycles. The van der Waals surface area contributed by atoms with Gasteiger partial charge < -0.3 is 4.90 Å². The molecule has 1 aliphatic rings. The molecule has 0 aromatic rings. The Morgan fingerprint density at radius 2 is 2.42 bits per heavy atom. The summed E-state index contributed by atoms with van der Waals surface area (Å²) in [6, 6.07) is 0. The molecule has 0 aromatic heterocycles. The molecule has 1 amide bonds. The first-order valence-corrected chi connectivity index (χ1v) is 5.15. The van der Waals surface area contributed by atoms with Gasteiger partial charge in [0.25, 0.3) is 0 Å². The van der Waals surface area contributed by atoms with E-state index in [1.807, 2.05) is 4.90 Å². The number of hydrogen-bond acceptors (Lipinski definition) is 1. The van der Waals surface area contributed by atoms with Gasteiger partial charge >= 0.3 is 0 Å². The minimum Gasteiger partial charge on any atom is -0.341 e. The van der Waals surface area contributed by atoms with Crippen molar-refractivity contribution in [2.75, 3.05) is 19.0 Å². The van der Waals surface area contributed by atoms with Crippen LogP contribution in [0, 0.1) is 5.92 Å². The topological polar surface area (TPSA) is 20.3 Å². The molecule has 1 fully saturated rings. The van der Waals surface area contributed by atoms with E-state index in [2.05, 4.69) is 6.92 Å². The lowest BCUT2D eigenvalue weighted by Crippen LogP contribution is -2.29. The fraction of sp³-hybridized carbons (Fsp3) is 0.889. The van der Waals surface area contributed by atoms with Crippen molar-refractivity contribution < 1.29 is 4.79 Å². The summed E-state index contributed by atoms with van der Waals surface area (Å²) in [6.45, 7) is 4.03. The number of halogens is 1. The summed E-state index contributed by atoms with van der Waals surface area (Å²) in [4.78, 5) is 13.0. The highest BCUT2D eigenvalue weighted by atomic mass is 35.5. The van der Waals surface area contributed by atoms with Gasteiger partial charge in [-0.3, -0.25) is 4.79 Å². The van der Waals surface area contributed by atoms with Crippen LogP contribution in [-0.4, -0.2) is 29.8 Å². The summed E-state index contributed by atoms with van der Waals surface area (Å²) in [7, 11) is 0. The molecule has 1 saturated heterocycles. The van der Waals surface area contributed by atoms with Gasteiger partial charge in [0.05, 0.1) is 0 Å². The van der Waals surface area contributed by atoms with Crippen LogP contribution in [-0.2, 0) is 4.79 Å². The number of carbonyl (C=O) groups excluding carboxylic acids is 1. The zero-order valence-corrected chi connectivity index (χ0v) is 8.31. The van der Waals surface area contributed by atoms with Crippen molar-refractivity contribution in [1.82, 2.24) is 4.90 Å². The molecule has 1 heterocycles. The Labute approximate surface area is 78.9 Å². The van der Waals surface area contributed by atoms with Crippen molar-refractivity contribution in [3.63, 3.8) is 0 Å². The second-order valence-corrected chi connectivity index (χ2v) is 3.68. The molecule has 1 unspecified atom stereocenters. The standard InChI is InChI=1S/C9H16ClNO/c1-2-3-8-4-5-11(7-8)9(12)6-10/h8H,2-7H2,1H3.